The molecule has 7 nitrogen and oxygen atoms in total. The molecule has 0 amide bonds. The lowest BCUT2D eigenvalue weighted by Gasteiger charge is -2.58. The second-order valence-corrected chi connectivity index (χ2v) is 17.0. The fourth-order valence-electron chi connectivity index (χ4n) is 9.15. The number of hydrogen-bond acceptors (Lipinski definition) is 8. The Morgan fingerprint density at radius 1 is 0.868 bits per heavy atom. The number of aromatic hydroxyl groups is 1. The molecule has 300 valence electrons. The molecule has 0 saturated heterocycles. The van der Waals surface area contributed by atoms with Crippen LogP contribution in [0, 0.1) is 17.8 Å². The fourth-order valence-corrected chi connectivity index (χ4v) is 10.6. The van der Waals surface area contributed by atoms with E-state index in [1.165, 1.54) is 83.5 Å². The van der Waals surface area contributed by atoms with Crippen molar-refractivity contribution < 1.29 is 29.6 Å². The molecule has 4 rings (SSSR count). The quantitative estimate of drug-likeness (QED) is 0.0425. The summed E-state index contributed by atoms with van der Waals surface area (Å²) in [6.07, 6.45) is 29.0. The number of rotatable bonds is 29. The van der Waals surface area contributed by atoms with E-state index >= 15 is 0 Å². The number of allylic oxidation sites excluding steroid dienone is 1. The highest BCUT2D eigenvalue weighted by Crippen LogP contribution is 2.62. The Morgan fingerprint density at radius 3 is 2.13 bits per heavy atom. The van der Waals surface area contributed by atoms with E-state index in [9.17, 15) is 15.3 Å². The van der Waals surface area contributed by atoms with E-state index in [0.717, 1.165) is 73.3 Å². The lowest BCUT2D eigenvalue weighted by Crippen LogP contribution is -2.64. The lowest BCUT2D eigenvalue weighted by atomic mass is 9.56. The second kappa shape index (κ2) is 24.5. The predicted molar refractivity (Wildman–Crippen MR) is 221 cm³/mol. The largest absolute Gasteiger partial charge is 0.508 e. The summed E-state index contributed by atoms with van der Waals surface area (Å²) >= 11 is 1.95. The van der Waals surface area contributed by atoms with Crippen molar-refractivity contribution in [3.05, 3.63) is 48.1 Å². The van der Waals surface area contributed by atoms with Crippen LogP contribution in [0.3, 0.4) is 0 Å². The maximum atomic E-state index is 10.8. The standard InChI is InChI=1S/C45H73NO6S/c1-4-7-8-9-10-11-12-13-14-15-16-17-18-23-31-53-42-34-40(46-51-6-3)38-32-35(24-19-21-28-47)37(25-20-22-29-48)43-39-33-36(49)26-27-41(39)52-45(42,44(38)43)50-30-5-2/h5,26-27,32-33,35,37,42-44,47-49H,2,4,6-25,28-31,34H2,1,3H3. The molecule has 0 aromatic heterocycles. The van der Waals surface area contributed by atoms with Gasteiger partial charge in [0, 0.05) is 31.1 Å². The SMILES string of the molecule is C=CCOC12Oc3ccc(O)cc3C3C(CCCCO)C(CCCCO)C=C(C(=NOCC)CC1SCCCCCCCCCCCCCCCC)C32. The summed E-state index contributed by atoms with van der Waals surface area (Å²) in [5.41, 5.74) is 3.14. The first-order chi connectivity index (χ1) is 26.0. The van der Waals surface area contributed by atoms with Gasteiger partial charge < -0.3 is 29.6 Å². The van der Waals surface area contributed by atoms with Gasteiger partial charge in [-0.25, -0.2) is 0 Å². The highest BCUT2D eigenvalue weighted by atomic mass is 32.2. The van der Waals surface area contributed by atoms with E-state index < -0.39 is 5.79 Å². The van der Waals surface area contributed by atoms with Crippen molar-refractivity contribution in [2.45, 2.75) is 166 Å². The number of thioether (sulfide) groups is 1. The molecule has 3 aliphatic rings. The summed E-state index contributed by atoms with van der Waals surface area (Å²) < 4.78 is 14.1. The van der Waals surface area contributed by atoms with Gasteiger partial charge in [-0.15, -0.1) is 6.58 Å². The number of oxime groups is 1. The number of fused-ring (bicyclic) bond motifs is 2. The minimum Gasteiger partial charge on any atom is -0.508 e. The number of aliphatic hydroxyl groups is 2. The number of ether oxygens (including phenoxy) is 2. The van der Waals surface area contributed by atoms with Gasteiger partial charge >= 0.3 is 0 Å². The van der Waals surface area contributed by atoms with E-state index in [1.807, 2.05) is 36.9 Å². The van der Waals surface area contributed by atoms with Crippen LogP contribution in [0.4, 0.5) is 0 Å². The van der Waals surface area contributed by atoms with Crippen molar-refractivity contribution in [3.8, 4) is 11.5 Å². The minimum atomic E-state index is -0.939. The highest BCUT2D eigenvalue weighted by molar-refractivity contribution is 8.00. The summed E-state index contributed by atoms with van der Waals surface area (Å²) in [7, 11) is 0. The van der Waals surface area contributed by atoms with E-state index in [1.54, 1.807) is 6.07 Å². The topological polar surface area (TPSA) is 101 Å². The number of aliphatic hydroxyl groups excluding tert-OH is 2. The van der Waals surface area contributed by atoms with Crippen molar-refractivity contribution in [2.24, 2.45) is 22.9 Å². The van der Waals surface area contributed by atoms with Crippen LogP contribution < -0.4 is 4.74 Å². The molecule has 0 spiro atoms. The second-order valence-electron chi connectivity index (χ2n) is 15.7. The van der Waals surface area contributed by atoms with Crippen LogP contribution in [0.15, 0.2) is 47.7 Å². The third kappa shape index (κ3) is 12.5. The first kappa shape index (κ1) is 43.7. The van der Waals surface area contributed by atoms with Crippen LogP contribution >= 0.6 is 11.8 Å². The Bertz CT molecular complexity index is 1250. The zero-order valence-corrected chi connectivity index (χ0v) is 34.1. The molecule has 1 saturated carbocycles. The van der Waals surface area contributed by atoms with E-state index in [0.29, 0.717) is 19.6 Å². The molecule has 1 fully saturated rings. The third-order valence-corrected chi connectivity index (χ3v) is 13.2. The molecule has 8 heteroatoms. The maximum absolute atomic E-state index is 10.8. The molecular formula is C45H73NO6S. The Hall–Kier alpha value is -2.00. The van der Waals surface area contributed by atoms with E-state index in [4.69, 9.17) is 19.5 Å². The van der Waals surface area contributed by atoms with Crippen LogP contribution in [-0.2, 0) is 9.57 Å². The summed E-state index contributed by atoms with van der Waals surface area (Å²) in [5.74, 6) is 1.46. The van der Waals surface area contributed by atoms with E-state index in [-0.39, 0.29) is 47.9 Å². The van der Waals surface area contributed by atoms with Gasteiger partial charge in [0.2, 0.25) is 5.79 Å². The molecule has 1 heterocycles. The Morgan fingerprint density at radius 2 is 1.51 bits per heavy atom. The van der Waals surface area contributed by atoms with Crippen molar-refractivity contribution in [3.63, 3.8) is 0 Å². The molecule has 3 N–H and O–H groups in total. The highest BCUT2D eigenvalue weighted by Gasteiger charge is 2.63. The number of phenolic OH excluding ortho intramolecular Hbond substituents is 1. The first-order valence-corrected chi connectivity index (χ1v) is 22.6. The average Bonchev–Trinajstić information content (AvgIpc) is 3.16. The van der Waals surface area contributed by atoms with Gasteiger partial charge in [0.1, 0.15) is 18.1 Å². The Balaban J connectivity index is 1.52. The molecule has 2 aliphatic carbocycles. The van der Waals surface area contributed by atoms with Gasteiger partial charge in [-0.2, -0.15) is 11.8 Å². The van der Waals surface area contributed by atoms with E-state index in [2.05, 4.69) is 19.6 Å². The van der Waals surface area contributed by atoms with Gasteiger partial charge in [-0.05, 0) is 80.4 Å². The molecule has 1 aromatic carbocycles. The van der Waals surface area contributed by atoms with Gasteiger partial charge in [0.15, 0.2) is 0 Å². The molecule has 6 atom stereocenters. The average molecular weight is 756 g/mol. The number of hydrogen-bond donors (Lipinski definition) is 3. The van der Waals surface area contributed by atoms with Crippen LogP contribution in [0.5, 0.6) is 11.5 Å². The summed E-state index contributed by atoms with van der Waals surface area (Å²) in [5, 5.41) is 35.0. The monoisotopic (exact) mass is 756 g/mol. The molecule has 1 aliphatic heterocycles. The molecule has 0 bridgehead atoms. The Kier molecular flexibility index (Phi) is 20.2. The fraction of sp³-hybridized carbons (Fsp3) is 0.756. The Labute approximate surface area is 326 Å². The van der Waals surface area contributed by atoms with Crippen molar-refractivity contribution in [1.29, 1.82) is 0 Å². The van der Waals surface area contributed by atoms with Gasteiger partial charge in [-0.3, -0.25) is 0 Å². The molecular weight excluding hydrogens is 683 g/mol. The van der Waals surface area contributed by atoms with Gasteiger partial charge in [0.25, 0.3) is 0 Å². The summed E-state index contributed by atoms with van der Waals surface area (Å²) in [6, 6.07) is 5.54. The minimum absolute atomic E-state index is 0.0146. The number of unbranched alkanes of at least 4 members (excludes halogenated alkanes) is 15. The number of benzene rings is 1. The smallest absolute Gasteiger partial charge is 0.230 e. The van der Waals surface area contributed by atoms with Crippen LogP contribution in [0.25, 0.3) is 0 Å². The zero-order valence-electron chi connectivity index (χ0n) is 33.3. The van der Waals surface area contributed by atoms with Crippen molar-refractivity contribution in [2.75, 3.05) is 32.2 Å². The number of phenols is 1. The predicted octanol–water partition coefficient (Wildman–Crippen LogP) is 11.3. The first-order valence-electron chi connectivity index (χ1n) is 21.6. The van der Waals surface area contributed by atoms with Crippen LogP contribution in [0.1, 0.15) is 160 Å². The van der Waals surface area contributed by atoms with Crippen LogP contribution in [0.2, 0.25) is 0 Å². The maximum Gasteiger partial charge on any atom is 0.230 e. The van der Waals surface area contributed by atoms with Crippen LogP contribution in [-0.4, -0.2) is 64.2 Å². The van der Waals surface area contributed by atoms with Crippen molar-refractivity contribution >= 4 is 17.5 Å². The zero-order chi connectivity index (χ0) is 37.7. The molecule has 1 aromatic rings. The van der Waals surface area contributed by atoms with Gasteiger partial charge in [-0.1, -0.05) is 121 Å². The van der Waals surface area contributed by atoms with Gasteiger partial charge in [0.05, 0.1) is 23.5 Å². The third-order valence-electron chi connectivity index (χ3n) is 11.8. The van der Waals surface area contributed by atoms with Crippen molar-refractivity contribution in [1.82, 2.24) is 0 Å². The molecule has 6 unspecified atom stereocenters. The molecule has 0 radical (unpaired) electrons. The summed E-state index contributed by atoms with van der Waals surface area (Å²) in [4.78, 5) is 5.81. The number of nitrogens with zero attached hydrogens (tertiary/aromatic N) is 1. The lowest BCUT2D eigenvalue weighted by molar-refractivity contribution is -0.223. The normalized spacial score (nSPS) is 25.4. The molecule has 53 heavy (non-hydrogen) atoms. The summed E-state index contributed by atoms with van der Waals surface area (Å²) in [6.45, 7) is 9.51.